The van der Waals surface area contributed by atoms with Gasteiger partial charge in [0.1, 0.15) is 22.7 Å². The molecular weight excluding hydrogens is 785 g/mol. The van der Waals surface area contributed by atoms with Gasteiger partial charge in [-0.25, -0.2) is 9.97 Å². The van der Waals surface area contributed by atoms with Crippen LogP contribution in [0.3, 0.4) is 0 Å². The SMILES string of the molecule is c1ccc(-[n+]2c3nc([n+](-c4ccccc4)c4[nH]c(c5ccccc54)[n+](-c4ccccc4)c4nc([n+](-c5ccccc5)c5[nH]c2c2ccccc25)-c2ccccc2-4)-c2ccccc2-3)cc1. The standard InChI is InChI=1S/C56H37N8/c1-5-21-37(22-6-1)61-49-41-29-13-15-31-43(41)51(57-49)62(38-23-7-2-8-24-38)53-45-33-17-19-35-47(45)55(59-53)64(40-27-11-4-12-28-40)56-48-36-20-18-34-46(48)54(60-56)63(39-25-9-3-10-26-39)52-44-32-16-14-30-42(44)50(61)58-52/h1-36H,(H,57,58,59,60)/q+3/p+1. The molecule has 0 spiro atoms. The minimum atomic E-state index is 0.802. The van der Waals surface area contributed by atoms with Crippen molar-refractivity contribution in [2.24, 2.45) is 0 Å². The molecule has 8 aromatic carbocycles. The summed E-state index contributed by atoms with van der Waals surface area (Å²) in [7, 11) is 0. The number of H-pyrrole nitrogens is 2. The fourth-order valence-electron chi connectivity index (χ4n) is 9.60. The molecule has 2 aromatic heterocycles. The Morgan fingerprint density at radius 2 is 0.438 bits per heavy atom. The van der Waals surface area contributed by atoms with E-state index in [2.05, 4.69) is 247 Å². The minimum absolute atomic E-state index is 0.802. The molecular formula is C56H38N8+4. The van der Waals surface area contributed by atoms with E-state index in [-0.39, 0.29) is 0 Å². The smallest absolute Gasteiger partial charge is 0.244 e. The summed E-state index contributed by atoms with van der Waals surface area (Å²) in [4.78, 5) is 19.7. The van der Waals surface area contributed by atoms with E-state index in [0.717, 1.165) is 112 Å². The lowest BCUT2D eigenvalue weighted by Crippen LogP contribution is -2.37. The van der Waals surface area contributed by atoms with Crippen LogP contribution in [0.5, 0.6) is 0 Å². The zero-order valence-corrected chi connectivity index (χ0v) is 34.5. The Labute approximate surface area is 367 Å². The van der Waals surface area contributed by atoms with Crippen LogP contribution in [0.2, 0.25) is 0 Å². The summed E-state index contributed by atoms with van der Waals surface area (Å²) in [6.45, 7) is 0. The van der Waals surface area contributed by atoms with E-state index in [1.807, 2.05) is 0 Å². The second-order valence-electron chi connectivity index (χ2n) is 16.0. The van der Waals surface area contributed by atoms with Crippen LogP contribution in [0.25, 0.3) is 112 Å². The van der Waals surface area contributed by atoms with Crippen molar-refractivity contribution in [2.45, 2.75) is 0 Å². The first-order chi connectivity index (χ1) is 31.8. The Morgan fingerprint density at radius 3 is 0.672 bits per heavy atom. The number of hydrogen-bond donors (Lipinski definition) is 2. The van der Waals surface area contributed by atoms with Crippen LogP contribution in [0.4, 0.5) is 0 Å². The molecule has 8 heteroatoms. The molecule has 8 bridgehead atoms. The van der Waals surface area contributed by atoms with E-state index in [9.17, 15) is 0 Å². The van der Waals surface area contributed by atoms with Gasteiger partial charge in [0.15, 0.2) is 0 Å². The average Bonchev–Trinajstić information content (AvgIpc) is 4.14. The molecule has 2 N–H and O–H groups in total. The van der Waals surface area contributed by atoms with E-state index >= 15 is 0 Å². The number of hydrogen-bond acceptors (Lipinski definition) is 2. The van der Waals surface area contributed by atoms with Gasteiger partial charge in [0, 0.05) is 0 Å². The second-order valence-corrected chi connectivity index (χ2v) is 16.0. The van der Waals surface area contributed by atoms with E-state index in [1.54, 1.807) is 0 Å². The predicted octanol–water partition coefficient (Wildman–Crippen LogP) is 10.4. The first-order valence-electron chi connectivity index (χ1n) is 21.5. The molecule has 0 saturated heterocycles. The van der Waals surface area contributed by atoms with Gasteiger partial charge in [-0.1, -0.05) is 131 Å². The molecule has 8 nitrogen and oxygen atoms in total. The lowest BCUT2D eigenvalue weighted by Gasteiger charge is -2.06. The highest BCUT2D eigenvalue weighted by atomic mass is 15.2. The summed E-state index contributed by atoms with van der Waals surface area (Å²) in [5, 5.41) is 4.17. The summed E-state index contributed by atoms with van der Waals surface area (Å²) < 4.78 is 9.14. The molecule has 298 valence electrons. The van der Waals surface area contributed by atoms with Crippen molar-refractivity contribution in [3.05, 3.63) is 218 Å². The Bertz CT molecular complexity index is 3330. The maximum absolute atomic E-state index is 5.80. The number of rotatable bonds is 4. The van der Waals surface area contributed by atoms with Crippen LogP contribution in [0.15, 0.2) is 218 Å². The summed E-state index contributed by atoms with van der Waals surface area (Å²) in [6.07, 6.45) is 0. The van der Waals surface area contributed by atoms with Crippen molar-refractivity contribution in [2.75, 3.05) is 0 Å². The zero-order valence-electron chi connectivity index (χ0n) is 34.5. The van der Waals surface area contributed by atoms with Gasteiger partial charge in [0.25, 0.3) is 23.3 Å². The van der Waals surface area contributed by atoms with Gasteiger partial charge in [-0.2, -0.15) is 18.3 Å². The van der Waals surface area contributed by atoms with E-state index < -0.39 is 0 Å². The highest BCUT2D eigenvalue weighted by Gasteiger charge is 2.36. The quantitative estimate of drug-likeness (QED) is 0.174. The number of aromatic amines is 2. The normalized spacial score (nSPS) is 11.8. The van der Waals surface area contributed by atoms with Gasteiger partial charge >= 0.3 is 0 Å². The molecule has 0 saturated carbocycles. The largest absolute Gasteiger partial charge is 0.280 e. The second kappa shape index (κ2) is 14.4. The monoisotopic (exact) mass is 822 g/mol. The first-order valence-corrected chi connectivity index (χ1v) is 21.5. The van der Waals surface area contributed by atoms with Gasteiger partial charge in [-0.15, -0.1) is 0 Å². The van der Waals surface area contributed by atoms with Gasteiger partial charge in [-0.3, -0.25) is 0 Å². The first kappa shape index (κ1) is 35.8. The highest BCUT2D eigenvalue weighted by molar-refractivity contribution is 6.04. The van der Waals surface area contributed by atoms with E-state index in [1.165, 1.54) is 0 Å². The highest BCUT2D eigenvalue weighted by Crippen LogP contribution is 2.37. The molecule has 3 aliphatic heterocycles. The third-order valence-corrected chi connectivity index (χ3v) is 12.4. The Balaban J connectivity index is 1.39. The minimum Gasteiger partial charge on any atom is -0.244 e. The van der Waals surface area contributed by atoms with Crippen LogP contribution in [-0.2, 0) is 0 Å². The van der Waals surface area contributed by atoms with Crippen molar-refractivity contribution in [1.82, 2.24) is 19.9 Å². The van der Waals surface area contributed by atoms with Gasteiger partial charge in [0.2, 0.25) is 22.6 Å². The summed E-state index contributed by atoms with van der Waals surface area (Å²) in [5.41, 5.74) is 11.5. The summed E-state index contributed by atoms with van der Waals surface area (Å²) in [5.74, 6) is 3.21. The average molecular weight is 823 g/mol. The number of nitrogens with one attached hydrogen (secondary N) is 2. The molecule has 13 rings (SSSR count). The maximum atomic E-state index is 5.80. The molecule has 5 heterocycles. The number of para-hydroxylation sites is 4. The van der Waals surface area contributed by atoms with Crippen molar-refractivity contribution >= 4 is 44.1 Å². The van der Waals surface area contributed by atoms with Crippen LogP contribution in [-0.4, -0.2) is 19.9 Å². The maximum Gasteiger partial charge on any atom is 0.280 e. The molecule has 0 aliphatic carbocycles. The van der Waals surface area contributed by atoms with Gasteiger partial charge < -0.3 is 0 Å². The van der Waals surface area contributed by atoms with E-state index in [0.29, 0.717) is 0 Å². The molecule has 0 fully saturated rings. The Morgan fingerprint density at radius 1 is 0.234 bits per heavy atom. The topological polar surface area (TPSA) is 72.9 Å². The molecule has 64 heavy (non-hydrogen) atoms. The lowest BCUT2D eigenvalue weighted by atomic mass is 10.1. The molecule has 0 atom stereocenters. The van der Waals surface area contributed by atoms with Crippen LogP contribution >= 0.6 is 0 Å². The van der Waals surface area contributed by atoms with Crippen LogP contribution < -0.4 is 18.3 Å². The van der Waals surface area contributed by atoms with Crippen LogP contribution in [0.1, 0.15) is 0 Å². The molecule has 10 aromatic rings. The predicted molar refractivity (Wildman–Crippen MR) is 251 cm³/mol. The number of nitrogens with zero attached hydrogens (tertiary/aromatic N) is 6. The fourth-order valence-corrected chi connectivity index (χ4v) is 9.60. The zero-order chi connectivity index (χ0) is 42.1. The molecule has 0 amide bonds. The summed E-state index contributed by atoms with van der Waals surface area (Å²) >= 11 is 0. The molecule has 0 radical (unpaired) electrons. The van der Waals surface area contributed by atoms with Gasteiger partial charge in [-0.05, 0) is 97.1 Å². The number of benzene rings is 8. The fraction of sp³-hybridized carbons (Fsp3) is 0. The van der Waals surface area contributed by atoms with Crippen molar-refractivity contribution in [3.8, 4) is 68.3 Å². The van der Waals surface area contributed by atoms with E-state index in [4.69, 9.17) is 9.97 Å². The molecule has 3 aliphatic rings. The summed E-state index contributed by atoms with van der Waals surface area (Å²) in [6, 6.07) is 76.6. The van der Waals surface area contributed by atoms with Crippen molar-refractivity contribution < 1.29 is 18.3 Å². The third kappa shape index (κ3) is 5.42. The van der Waals surface area contributed by atoms with Crippen LogP contribution in [0, 0.1) is 0 Å². The Hall–Kier alpha value is -8.88. The molecule has 0 unspecified atom stereocenters. The third-order valence-electron chi connectivity index (χ3n) is 12.4. The lowest BCUT2D eigenvalue weighted by molar-refractivity contribution is -0.571. The van der Waals surface area contributed by atoms with Crippen molar-refractivity contribution in [3.63, 3.8) is 0 Å². The number of aromatic nitrogens is 8. The Kier molecular flexibility index (Phi) is 8.04. The van der Waals surface area contributed by atoms with Gasteiger partial charge in [0.05, 0.1) is 43.8 Å². The van der Waals surface area contributed by atoms with Crippen molar-refractivity contribution in [1.29, 1.82) is 0 Å².